The number of furan rings is 1. The number of nitrogens with zero attached hydrogens (tertiary/aromatic N) is 1. The second kappa shape index (κ2) is 6.56. The molecule has 0 aliphatic carbocycles. The molecule has 3 rings (SSSR count). The highest BCUT2D eigenvalue weighted by Crippen LogP contribution is 2.13. The van der Waals surface area contributed by atoms with Crippen molar-refractivity contribution in [3.63, 3.8) is 0 Å². The van der Waals surface area contributed by atoms with Crippen LogP contribution in [0, 0.1) is 0 Å². The number of benzene rings is 1. The third-order valence-electron chi connectivity index (χ3n) is 3.47. The molecule has 0 saturated carbocycles. The molecule has 1 aliphatic rings. The second-order valence-electron chi connectivity index (χ2n) is 5.02. The fourth-order valence-electron chi connectivity index (χ4n) is 2.31. The molecular formula is C16H18N2O3. The van der Waals surface area contributed by atoms with E-state index in [-0.39, 0.29) is 5.91 Å². The number of hydrogen-bond donors (Lipinski definition) is 1. The lowest BCUT2D eigenvalue weighted by atomic mass is 10.2. The summed E-state index contributed by atoms with van der Waals surface area (Å²) in [5.41, 5.74) is 2.00. The first-order valence-electron chi connectivity index (χ1n) is 7.05. The summed E-state index contributed by atoms with van der Waals surface area (Å²) in [5.74, 6) is 0.0772. The van der Waals surface area contributed by atoms with Crippen molar-refractivity contribution < 1.29 is 13.9 Å². The Labute approximate surface area is 123 Å². The molecule has 0 atom stereocenters. The number of carbonyl (C=O) groups excluding carboxylic acids is 1. The van der Waals surface area contributed by atoms with Gasteiger partial charge in [0.2, 0.25) is 0 Å². The van der Waals surface area contributed by atoms with E-state index >= 15 is 0 Å². The van der Waals surface area contributed by atoms with E-state index in [0.29, 0.717) is 5.76 Å². The molecule has 2 heterocycles. The van der Waals surface area contributed by atoms with Crippen molar-refractivity contribution in [3.8, 4) is 0 Å². The average Bonchev–Trinajstić information content (AvgIpc) is 3.05. The number of hydrogen-bond acceptors (Lipinski definition) is 4. The lowest BCUT2D eigenvalue weighted by molar-refractivity contribution is 0.0342. The fourth-order valence-corrected chi connectivity index (χ4v) is 2.31. The zero-order valence-corrected chi connectivity index (χ0v) is 11.7. The van der Waals surface area contributed by atoms with Gasteiger partial charge in [-0.1, -0.05) is 12.1 Å². The predicted octanol–water partition coefficient (Wildman–Crippen LogP) is 2.36. The van der Waals surface area contributed by atoms with Crippen molar-refractivity contribution in [1.82, 2.24) is 4.90 Å². The van der Waals surface area contributed by atoms with Crippen LogP contribution < -0.4 is 5.32 Å². The molecule has 1 aliphatic heterocycles. The maximum atomic E-state index is 11.9. The first-order valence-corrected chi connectivity index (χ1v) is 7.05. The van der Waals surface area contributed by atoms with E-state index in [1.54, 1.807) is 12.1 Å². The van der Waals surface area contributed by atoms with E-state index in [1.165, 1.54) is 11.8 Å². The minimum absolute atomic E-state index is 0.235. The van der Waals surface area contributed by atoms with Crippen molar-refractivity contribution in [1.29, 1.82) is 0 Å². The van der Waals surface area contributed by atoms with E-state index < -0.39 is 0 Å². The SMILES string of the molecule is O=C(Nc1ccc(CN2CCOCC2)cc1)c1ccco1. The molecule has 2 aromatic rings. The van der Waals surface area contributed by atoms with E-state index in [9.17, 15) is 4.79 Å². The van der Waals surface area contributed by atoms with Crippen LogP contribution in [-0.4, -0.2) is 37.1 Å². The molecule has 1 aromatic carbocycles. The van der Waals surface area contributed by atoms with Crippen molar-refractivity contribution in [2.45, 2.75) is 6.54 Å². The summed E-state index contributed by atoms with van der Waals surface area (Å²) in [5, 5.41) is 2.81. The lowest BCUT2D eigenvalue weighted by Crippen LogP contribution is -2.35. The Kier molecular flexibility index (Phi) is 4.33. The van der Waals surface area contributed by atoms with Crippen LogP contribution in [0.2, 0.25) is 0 Å². The Morgan fingerprint density at radius 2 is 1.90 bits per heavy atom. The highest BCUT2D eigenvalue weighted by atomic mass is 16.5. The monoisotopic (exact) mass is 286 g/mol. The number of morpholine rings is 1. The maximum Gasteiger partial charge on any atom is 0.291 e. The fraction of sp³-hybridized carbons (Fsp3) is 0.312. The molecule has 21 heavy (non-hydrogen) atoms. The van der Waals surface area contributed by atoms with Gasteiger partial charge in [-0.05, 0) is 29.8 Å². The normalized spacial score (nSPS) is 15.8. The van der Waals surface area contributed by atoms with Crippen LogP contribution in [0.1, 0.15) is 16.1 Å². The number of anilines is 1. The number of ether oxygens (including phenoxy) is 1. The highest BCUT2D eigenvalue weighted by molar-refractivity contribution is 6.02. The smallest absolute Gasteiger partial charge is 0.291 e. The van der Waals surface area contributed by atoms with Gasteiger partial charge in [-0.15, -0.1) is 0 Å². The van der Waals surface area contributed by atoms with E-state index in [4.69, 9.17) is 9.15 Å². The largest absolute Gasteiger partial charge is 0.459 e. The standard InChI is InChI=1S/C16H18N2O3/c19-16(15-2-1-9-21-15)17-14-5-3-13(4-6-14)12-18-7-10-20-11-8-18/h1-6,9H,7-8,10-12H2,(H,17,19). The number of amides is 1. The summed E-state index contributed by atoms with van der Waals surface area (Å²) in [6.07, 6.45) is 1.49. The molecule has 1 amide bonds. The molecule has 1 saturated heterocycles. The average molecular weight is 286 g/mol. The Morgan fingerprint density at radius 1 is 1.14 bits per heavy atom. The molecule has 5 nitrogen and oxygen atoms in total. The van der Waals surface area contributed by atoms with Gasteiger partial charge in [-0.3, -0.25) is 9.69 Å². The van der Waals surface area contributed by atoms with Gasteiger partial charge >= 0.3 is 0 Å². The van der Waals surface area contributed by atoms with Gasteiger partial charge in [-0.2, -0.15) is 0 Å². The summed E-state index contributed by atoms with van der Waals surface area (Å²) in [7, 11) is 0. The first-order chi connectivity index (χ1) is 10.3. The van der Waals surface area contributed by atoms with Gasteiger partial charge in [-0.25, -0.2) is 0 Å². The quantitative estimate of drug-likeness (QED) is 0.937. The summed E-state index contributed by atoms with van der Waals surface area (Å²) >= 11 is 0. The summed E-state index contributed by atoms with van der Waals surface area (Å²) in [4.78, 5) is 14.2. The third kappa shape index (κ3) is 3.71. The number of nitrogens with one attached hydrogen (secondary N) is 1. The Bertz CT molecular complexity index is 572. The number of carbonyl (C=O) groups is 1. The van der Waals surface area contributed by atoms with E-state index in [0.717, 1.165) is 38.5 Å². The van der Waals surface area contributed by atoms with Crippen molar-refractivity contribution in [2.24, 2.45) is 0 Å². The highest BCUT2D eigenvalue weighted by Gasteiger charge is 2.11. The van der Waals surface area contributed by atoms with Crippen LogP contribution in [0.15, 0.2) is 47.1 Å². The van der Waals surface area contributed by atoms with Crippen LogP contribution in [0.5, 0.6) is 0 Å². The molecule has 1 N–H and O–H groups in total. The summed E-state index contributed by atoms with van der Waals surface area (Å²) < 4.78 is 10.4. The molecule has 0 bridgehead atoms. The predicted molar refractivity (Wildman–Crippen MR) is 79.2 cm³/mol. The van der Waals surface area contributed by atoms with Crippen molar-refractivity contribution in [3.05, 3.63) is 54.0 Å². The number of rotatable bonds is 4. The maximum absolute atomic E-state index is 11.9. The zero-order chi connectivity index (χ0) is 14.5. The van der Waals surface area contributed by atoms with Crippen LogP contribution >= 0.6 is 0 Å². The van der Waals surface area contributed by atoms with E-state index in [2.05, 4.69) is 10.2 Å². The summed E-state index contributed by atoms with van der Waals surface area (Å²) in [6, 6.07) is 11.2. The van der Waals surface area contributed by atoms with Crippen LogP contribution in [0.25, 0.3) is 0 Å². The Balaban J connectivity index is 1.57. The van der Waals surface area contributed by atoms with Crippen molar-refractivity contribution in [2.75, 3.05) is 31.6 Å². The van der Waals surface area contributed by atoms with Crippen LogP contribution in [0.3, 0.4) is 0 Å². The molecule has 0 radical (unpaired) electrons. The summed E-state index contributed by atoms with van der Waals surface area (Å²) in [6.45, 7) is 4.46. The van der Waals surface area contributed by atoms with Gasteiger partial charge in [0.1, 0.15) is 0 Å². The topological polar surface area (TPSA) is 54.7 Å². The van der Waals surface area contributed by atoms with Gasteiger partial charge in [0.25, 0.3) is 5.91 Å². The molecule has 1 aromatic heterocycles. The van der Waals surface area contributed by atoms with Gasteiger partial charge in [0.15, 0.2) is 5.76 Å². The van der Waals surface area contributed by atoms with Crippen LogP contribution in [-0.2, 0) is 11.3 Å². The Morgan fingerprint density at radius 3 is 2.57 bits per heavy atom. The van der Waals surface area contributed by atoms with Crippen LogP contribution in [0.4, 0.5) is 5.69 Å². The molecule has 0 unspecified atom stereocenters. The molecule has 0 spiro atoms. The zero-order valence-electron chi connectivity index (χ0n) is 11.7. The van der Waals surface area contributed by atoms with E-state index in [1.807, 2.05) is 24.3 Å². The van der Waals surface area contributed by atoms with Gasteiger partial charge in [0, 0.05) is 25.3 Å². The molecule has 110 valence electrons. The van der Waals surface area contributed by atoms with Crippen molar-refractivity contribution >= 4 is 11.6 Å². The molecule has 5 heteroatoms. The minimum Gasteiger partial charge on any atom is -0.459 e. The lowest BCUT2D eigenvalue weighted by Gasteiger charge is -2.26. The third-order valence-corrected chi connectivity index (χ3v) is 3.47. The van der Waals surface area contributed by atoms with Gasteiger partial charge in [0.05, 0.1) is 19.5 Å². The van der Waals surface area contributed by atoms with Gasteiger partial charge < -0.3 is 14.5 Å². The Hall–Kier alpha value is -2.11. The second-order valence-corrected chi connectivity index (χ2v) is 5.02. The first kappa shape index (κ1) is 13.9. The molecule has 1 fully saturated rings. The minimum atomic E-state index is -0.235. The molecular weight excluding hydrogens is 268 g/mol.